The van der Waals surface area contributed by atoms with Crippen molar-refractivity contribution in [2.45, 2.75) is 44.9 Å². The minimum atomic E-state index is 0.695. The SMILES string of the molecule is Cc1cnc(-c2ccc3c4ccccc4c4ccccc4c3c2)cc1C1CCCCC1. The number of hydrogen-bond acceptors (Lipinski definition) is 1. The fourth-order valence-electron chi connectivity index (χ4n) is 5.62. The van der Waals surface area contributed by atoms with Crippen LogP contribution in [0, 0.1) is 6.92 Å². The lowest BCUT2D eigenvalue weighted by molar-refractivity contribution is 0.442. The van der Waals surface area contributed by atoms with Crippen LogP contribution in [0.2, 0.25) is 0 Å². The van der Waals surface area contributed by atoms with Crippen LogP contribution < -0.4 is 0 Å². The van der Waals surface area contributed by atoms with Crippen molar-refractivity contribution < 1.29 is 0 Å². The number of hydrogen-bond donors (Lipinski definition) is 0. The molecular formula is C30H27N. The molecule has 6 rings (SSSR count). The highest BCUT2D eigenvalue weighted by Gasteiger charge is 2.18. The first-order valence-electron chi connectivity index (χ1n) is 11.6. The van der Waals surface area contributed by atoms with Gasteiger partial charge in [-0.05, 0) is 81.3 Å². The lowest BCUT2D eigenvalue weighted by Gasteiger charge is -2.24. The summed E-state index contributed by atoms with van der Waals surface area (Å²) in [6.07, 6.45) is 8.83. The topological polar surface area (TPSA) is 12.9 Å². The zero-order valence-corrected chi connectivity index (χ0v) is 18.1. The van der Waals surface area contributed by atoms with Crippen LogP contribution in [0.1, 0.15) is 49.1 Å². The van der Waals surface area contributed by atoms with Crippen molar-refractivity contribution in [1.29, 1.82) is 0 Å². The van der Waals surface area contributed by atoms with Gasteiger partial charge in [0.15, 0.2) is 0 Å². The molecule has 0 spiro atoms. The molecule has 1 heterocycles. The minimum absolute atomic E-state index is 0.695. The van der Waals surface area contributed by atoms with Gasteiger partial charge in [0, 0.05) is 11.8 Å². The van der Waals surface area contributed by atoms with Crippen LogP contribution >= 0.6 is 0 Å². The first-order chi connectivity index (χ1) is 15.3. The Bertz CT molecular complexity index is 1390. The van der Waals surface area contributed by atoms with Crippen molar-refractivity contribution in [3.8, 4) is 11.3 Å². The highest BCUT2D eigenvalue weighted by atomic mass is 14.7. The molecule has 5 aromatic rings. The monoisotopic (exact) mass is 401 g/mol. The predicted molar refractivity (Wildman–Crippen MR) is 133 cm³/mol. The van der Waals surface area contributed by atoms with E-state index in [2.05, 4.69) is 85.9 Å². The number of pyridine rings is 1. The Kier molecular flexibility index (Phi) is 4.49. The standard InChI is InChI=1S/C30H27N/c1-20-19-31-30(18-28(20)21-9-3-2-4-10-21)22-15-16-27-25-13-6-5-11-23(25)24-12-7-8-14-26(24)29(27)17-22/h5-8,11-19,21H,2-4,9-10H2,1H3. The fraction of sp³-hybridized carbons (Fsp3) is 0.233. The number of rotatable bonds is 2. The molecule has 0 unspecified atom stereocenters. The second-order valence-electron chi connectivity index (χ2n) is 9.11. The molecule has 0 N–H and O–H groups in total. The molecule has 1 aromatic heterocycles. The van der Waals surface area contributed by atoms with E-state index in [0.717, 1.165) is 5.69 Å². The number of benzene rings is 4. The van der Waals surface area contributed by atoms with Gasteiger partial charge in [-0.2, -0.15) is 0 Å². The molecular weight excluding hydrogens is 374 g/mol. The van der Waals surface area contributed by atoms with Crippen LogP contribution in [0.5, 0.6) is 0 Å². The Balaban J connectivity index is 1.57. The van der Waals surface area contributed by atoms with Gasteiger partial charge in [0.25, 0.3) is 0 Å². The van der Waals surface area contributed by atoms with Gasteiger partial charge >= 0.3 is 0 Å². The van der Waals surface area contributed by atoms with Gasteiger partial charge in [-0.3, -0.25) is 4.98 Å². The summed E-state index contributed by atoms with van der Waals surface area (Å²) in [6, 6.07) is 26.8. The molecule has 0 saturated heterocycles. The maximum absolute atomic E-state index is 4.85. The van der Waals surface area contributed by atoms with Crippen LogP contribution in [0.25, 0.3) is 43.6 Å². The summed E-state index contributed by atoms with van der Waals surface area (Å²) in [5, 5.41) is 7.92. The van der Waals surface area contributed by atoms with Crippen molar-refractivity contribution in [3.05, 3.63) is 90.1 Å². The number of aryl methyl sites for hydroxylation is 1. The van der Waals surface area contributed by atoms with E-state index in [-0.39, 0.29) is 0 Å². The second-order valence-corrected chi connectivity index (χ2v) is 9.11. The summed E-state index contributed by atoms with van der Waals surface area (Å²) in [4.78, 5) is 4.85. The third-order valence-corrected chi connectivity index (χ3v) is 7.23. The van der Waals surface area contributed by atoms with Gasteiger partial charge in [0.05, 0.1) is 5.69 Å². The van der Waals surface area contributed by atoms with Crippen LogP contribution in [0.15, 0.2) is 79.0 Å². The largest absolute Gasteiger partial charge is 0.256 e. The Morgan fingerprint density at radius 2 is 1.23 bits per heavy atom. The Morgan fingerprint density at radius 3 is 1.87 bits per heavy atom. The molecule has 1 fully saturated rings. The molecule has 152 valence electrons. The number of nitrogens with zero attached hydrogens (tertiary/aromatic N) is 1. The summed E-state index contributed by atoms with van der Waals surface area (Å²) in [5.74, 6) is 0.695. The molecule has 1 saturated carbocycles. The van der Waals surface area contributed by atoms with E-state index in [9.17, 15) is 0 Å². The molecule has 0 atom stereocenters. The van der Waals surface area contributed by atoms with E-state index in [4.69, 9.17) is 4.98 Å². The summed E-state index contributed by atoms with van der Waals surface area (Å²) in [5.41, 5.74) is 5.16. The quantitative estimate of drug-likeness (QED) is 0.270. The number of aromatic nitrogens is 1. The highest BCUT2D eigenvalue weighted by molar-refractivity contribution is 6.25. The van der Waals surface area contributed by atoms with Crippen LogP contribution in [-0.4, -0.2) is 4.98 Å². The summed E-state index contributed by atoms with van der Waals surface area (Å²) < 4.78 is 0. The van der Waals surface area contributed by atoms with Gasteiger partial charge < -0.3 is 0 Å². The molecule has 1 aliphatic carbocycles. The molecule has 4 aromatic carbocycles. The molecule has 1 heteroatoms. The van der Waals surface area contributed by atoms with Crippen molar-refractivity contribution in [3.63, 3.8) is 0 Å². The zero-order valence-electron chi connectivity index (χ0n) is 18.1. The molecule has 0 aliphatic heterocycles. The average molecular weight is 402 g/mol. The van der Waals surface area contributed by atoms with Crippen LogP contribution in [-0.2, 0) is 0 Å². The van der Waals surface area contributed by atoms with Gasteiger partial charge in [-0.1, -0.05) is 79.9 Å². The van der Waals surface area contributed by atoms with Crippen molar-refractivity contribution in [2.75, 3.05) is 0 Å². The normalized spacial score (nSPS) is 15.1. The third kappa shape index (κ3) is 3.11. The smallest absolute Gasteiger partial charge is 0.0705 e. The van der Waals surface area contributed by atoms with Crippen LogP contribution in [0.4, 0.5) is 0 Å². The van der Waals surface area contributed by atoms with E-state index in [1.807, 2.05) is 0 Å². The molecule has 31 heavy (non-hydrogen) atoms. The van der Waals surface area contributed by atoms with Crippen molar-refractivity contribution >= 4 is 32.3 Å². The van der Waals surface area contributed by atoms with E-state index in [0.29, 0.717) is 5.92 Å². The first-order valence-corrected chi connectivity index (χ1v) is 11.6. The second kappa shape index (κ2) is 7.50. The van der Waals surface area contributed by atoms with E-state index in [1.165, 1.54) is 81.1 Å². The van der Waals surface area contributed by atoms with Crippen LogP contribution in [0.3, 0.4) is 0 Å². The van der Waals surface area contributed by atoms with Gasteiger partial charge in [0.1, 0.15) is 0 Å². The highest BCUT2D eigenvalue weighted by Crippen LogP contribution is 2.38. The maximum Gasteiger partial charge on any atom is 0.0705 e. The zero-order chi connectivity index (χ0) is 20.8. The van der Waals surface area contributed by atoms with E-state index in [1.54, 1.807) is 0 Å². The minimum Gasteiger partial charge on any atom is -0.256 e. The lowest BCUT2D eigenvalue weighted by Crippen LogP contribution is -2.07. The summed E-state index contributed by atoms with van der Waals surface area (Å²) in [7, 11) is 0. The Hall–Kier alpha value is -3.19. The molecule has 0 amide bonds. The Morgan fingerprint density at radius 1 is 0.645 bits per heavy atom. The molecule has 0 radical (unpaired) electrons. The molecule has 0 bridgehead atoms. The van der Waals surface area contributed by atoms with E-state index < -0.39 is 0 Å². The van der Waals surface area contributed by atoms with Gasteiger partial charge in [0.2, 0.25) is 0 Å². The Labute approximate surface area is 183 Å². The third-order valence-electron chi connectivity index (χ3n) is 7.23. The van der Waals surface area contributed by atoms with Gasteiger partial charge in [-0.25, -0.2) is 0 Å². The average Bonchev–Trinajstić information content (AvgIpc) is 2.85. The molecule has 1 aliphatic rings. The summed E-state index contributed by atoms with van der Waals surface area (Å²) >= 11 is 0. The van der Waals surface area contributed by atoms with Crippen molar-refractivity contribution in [1.82, 2.24) is 4.98 Å². The number of fused-ring (bicyclic) bond motifs is 6. The van der Waals surface area contributed by atoms with E-state index >= 15 is 0 Å². The first kappa shape index (κ1) is 18.6. The molecule has 1 nitrogen and oxygen atoms in total. The maximum atomic E-state index is 4.85. The predicted octanol–water partition coefficient (Wildman–Crippen LogP) is 8.56. The fourth-order valence-corrected chi connectivity index (χ4v) is 5.62. The lowest BCUT2D eigenvalue weighted by atomic mass is 9.82. The van der Waals surface area contributed by atoms with Crippen molar-refractivity contribution in [2.24, 2.45) is 0 Å². The van der Waals surface area contributed by atoms with Gasteiger partial charge in [-0.15, -0.1) is 0 Å². The summed E-state index contributed by atoms with van der Waals surface area (Å²) in [6.45, 7) is 2.22.